The third kappa shape index (κ3) is 5.60. The molecule has 0 atom stereocenters. The second-order valence-corrected chi connectivity index (χ2v) is 6.93. The monoisotopic (exact) mass is 332 g/mol. The van der Waals surface area contributed by atoms with Gasteiger partial charge in [0.1, 0.15) is 0 Å². The molecule has 2 rings (SSSR count). The molecule has 24 heavy (non-hydrogen) atoms. The Labute approximate surface area is 146 Å². The number of amides is 1. The molecule has 1 saturated heterocycles. The molecule has 0 radical (unpaired) electrons. The Morgan fingerprint density at radius 3 is 2.46 bits per heavy atom. The van der Waals surface area contributed by atoms with Gasteiger partial charge < -0.3 is 10.0 Å². The van der Waals surface area contributed by atoms with Gasteiger partial charge in [-0.3, -0.25) is 9.69 Å². The van der Waals surface area contributed by atoms with E-state index in [0.29, 0.717) is 13.0 Å². The molecule has 1 heterocycles. The summed E-state index contributed by atoms with van der Waals surface area (Å²) in [5, 5.41) is 10.5. The summed E-state index contributed by atoms with van der Waals surface area (Å²) in [6.07, 6.45) is 3.93. The molecule has 0 bridgehead atoms. The van der Waals surface area contributed by atoms with Crippen LogP contribution in [0.5, 0.6) is 0 Å². The predicted octanol–water partition coefficient (Wildman–Crippen LogP) is 2.70. The third-order valence-electron chi connectivity index (χ3n) is 5.25. The highest BCUT2D eigenvalue weighted by Gasteiger charge is 2.27. The maximum Gasteiger partial charge on any atom is 0.222 e. The molecule has 0 saturated carbocycles. The highest BCUT2D eigenvalue weighted by atomic mass is 16.3. The molecule has 4 heteroatoms. The summed E-state index contributed by atoms with van der Waals surface area (Å²) in [5.74, 6) is 0.252. The van der Waals surface area contributed by atoms with Crippen LogP contribution in [0.1, 0.15) is 45.1 Å². The van der Waals surface area contributed by atoms with Crippen LogP contribution in [-0.2, 0) is 11.2 Å². The Morgan fingerprint density at radius 2 is 1.79 bits per heavy atom. The molecule has 1 aromatic rings. The average molecular weight is 332 g/mol. The number of aryl methyl sites for hydroxylation is 1. The van der Waals surface area contributed by atoms with Gasteiger partial charge in [-0.1, -0.05) is 44.2 Å². The number of hydrogen-bond donors (Lipinski definition) is 1. The summed E-state index contributed by atoms with van der Waals surface area (Å²) in [6.45, 7) is 8.23. The summed E-state index contributed by atoms with van der Waals surface area (Å²) in [5.41, 5.74) is 0.630. The first kappa shape index (κ1) is 18.9. The summed E-state index contributed by atoms with van der Waals surface area (Å²) < 4.78 is 0. The van der Waals surface area contributed by atoms with E-state index in [0.717, 1.165) is 51.9 Å². The maximum absolute atomic E-state index is 12.5. The molecule has 4 nitrogen and oxygen atoms in total. The van der Waals surface area contributed by atoms with Gasteiger partial charge >= 0.3 is 0 Å². The standard InChI is InChI=1S/C20H32N2O2/c1-3-20(24,4-2)17-21-13-8-14-22(16-15-21)19(23)12-11-18-9-6-5-7-10-18/h5-7,9-10,24H,3-4,8,11-17H2,1-2H3. The molecular weight excluding hydrogens is 300 g/mol. The van der Waals surface area contributed by atoms with Crippen LogP contribution in [0.4, 0.5) is 0 Å². The van der Waals surface area contributed by atoms with Gasteiger partial charge in [0, 0.05) is 39.1 Å². The minimum Gasteiger partial charge on any atom is -0.389 e. The SMILES string of the molecule is CCC(O)(CC)CN1CCCN(C(=O)CCc2ccccc2)CC1. The number of aliphatic hydroxyl groups is 1. The molecule has 0 spiro atoms. The number of carbonyl (C=O) groups is 1. The fourth-order valence-corrected chi connectivity index (χ4v) is 3.32. The number of β-amino-alcohol motifs (C(OH)–C–C–N with tert-alkyl or cyclic N) is 1. The van der Waals surface area contributed by atoms with Gasteiger partial charge in [0.05, 0.1) is 5.60 Å². The van der Waals surface area contributed by atoms with Gasteiger partial charge in [0.25, 0.3) is 0 Å². The number of carbonyl (C=O) groups excluding carboxylic acids is 1. The van der Waals surface area contributed by atoms with E-state index in [-0.39, 0.29) is 5.91 Å². The quantitative estimate of drug-likeness (QED) is 0.835. The zero-order valence-corrected chi connectivity index (χ0v) is 15.2. The molecule has 0 aliphatic carbocycles. The molecule has 1 aromatic carbocycles. The van der Waals surface area contributed by atoms with Gasteiger partial charge in [-0.05, 0) is 31.2 Å². The predicted molar refractivity (Wildman–Crippen MR) is 97.9 cm³/mol. The highest BCUT2D eigenvalue weighted by molar-refractivity contribution is 5.76. The minimum absolute atomic E-state index is 0.252. The Kier molecular flexibility index (Phi) is 7.25. The Balaban J connectivity index is 1.80. The number of rotatable bonds is 7. The van der Waals surface area contributed by atoms with Crippen LogP contribution >= 0.6 is 0 Å². The Bertz CT molecular complexity index is 500. The lowest BCUT2D eigenvalue weighted by molar-refractivity contribution is -0.131. The average Bonchev–Trinajstić information content (AvgIpc) is 2.86. The zero-order chi connectivity index (χ0) is 17.4. The van der Waals surface area contributed by atoms with E-state index in [1.807, 2.05) is 36.9 Å². The van der Waals surface area contributed by atoms with Crippen molar-refractivity contribution < 1.29 is 9.90 Å². The molecule has 0 aromatic heterocycles. The van der Waals surface area contributed by atoms with Crippen molar-refractivity contribution in [3.63, 3.8) is 0 Å². The second-order valence-electron chi connectivity index (χ2n) is 6.93. The molecule has 0 unspecified atom stereocenters. The number of nitrogens with zero attached hydrogens (tertiary/aromatic N) is 2. The first-order valence-electron chi connectivity index (χ1n) is 9.33. The first-order valence-corrected chi connectivity index (χ1v) is 9.33. The van der Waals surface area contributed by atoms with Gasteiger partial charge in [-0.15, -0.1) is 0 Å². The van der Waals surface area contributed by atoms with Crippen molar-refractivity contribution >= 4 is 5.91 Å². The molecule has 1 amide bonds. The van der Waals surface area contributed by atoms with E-state index in [1.165, 1.54) is 5.56 Å². The van der Waals surface area contributed by atoms with Crippen LogP contribution in [0.25, 0.3) is 0 Å². The van der Waals surface area contributed by atoms with Gasteiger partial charge in [-0.2, -0.15) is 0 Å². The third-order valence-corrected chi connectivity index (χ3v) is 5.25. The van der Waals surface area contributed by atoms with Crippen LogP contribution in [0, 0.1) is 0 Å². The van der Waals surface area contributed by atoms with Crippen LogP contribution in [0.15, 0.2) is 30.3 Å². The second kappa shape index (κ2) is 9.19. The van der Waals surface area contributed by atoms with Gasteiger partial charge in [-0.25, -0.2) is 0 Å². The smallest absolute Gasteiger partial charge is 0.222 e. The van der Waals surface area contributed by atoms with Crippen molar-refractivity contribution in [1.29, 1.82) is 0 Å². The van der Waals surface area contributed by atoms with Crippen LogP contribution in [0.2, 0.25) is 0 Å². The summed E-state index contributed by atoms with van der Waals surface area (Å²) >= 11 is 0. The van der Waals surface area contributed by atoms with Crippen molar-refractivity contribution in [3.05, 3.63) is 35.9 Å². The van der Waals surface area contributed by atoms with Gasteiger partial charge in [0.2, 0.25) is 5.91 Å². The van der Waals surface area contributed by atoms with E-state index < -0.39 is 5.60 Å². The van der Waals surface area contributed by atoms with Crippen molar-refractivity contribution in [2.24, 2.45) is 0 Å². The van der Waals surface area contributed by atoms with E-state index in [4.69, 9.17) is 0 Å². The van der Waals surface area contributed by atoms with Crippen LogP contribution in [-0.4, -0.2) is 59.1 Å². The molecular formula is C20H32N2O2. The molecule has 134 valence electrons. The van der Waals surface area contributed by atoms with Crippen molar-refractivity contribution in [2.45, 2.75) is 51.6 Å². The van der Waals surface area contributed by atoms with Crippen molar-refractivity contribution in [3.8, 4) is 0 Å². The summed E-state index contributed by atoms with van der Waals surface area (Å²) in [7, 11) is 0. The highest BCUT2D eigenvalue weighted by Crippen LogP contribution is 2.18. The topological polar surface area (TPSA) is 43.8 Å². The summed E-state index contributed by atoms with van der Waals surface area (Å²) in [4.78, 5) is 16.8. The van der Waals surface area contributed by atoms with Crippen molar-refractivity contribution in [1.82, 2.24) is 9.80 Å². The lowest BCUT2D eigenvalue weighted by Gasteiger charge is -2.32. The molecule has 1 N–H and O–H groups in total. The van der Waals surface area contributed by atoms with E-state index in [9.17, 15) is 9.90 Å². The fourth-order valence-electron chi connectivity index (χ4n) is 3.32. The first-order chi connectivity index (χ1) is 11.6. The molecule has 1 fully saturated rings. The Morgan fingerprint density at radius 1 is 1.08 bits per heavy atom. The molecule has 1 aliphatic rings. The van der Waals surface area contributed by atoms with Gasteiger partial charge in [0.15, 0.2) is 0 Å². The lowest BCUT2D eigenvalue weighted by atomic mass is 9.97. The fraction of sp³-hybridized carbons (Fsp3) is 0.650. The van der Waals surface area contributed by atoms with Crippen LogP contribution < -0.4 is 0 Å². The number of benzene rings is 1. The number of hydrogen-bond acceptors (Lipinski definition) is 3. The Hall–Kier alpha value is -1.39. The summed E-state index contributed by atoms with van der Waals surface area (Å²) in [6, 6.07) is 10.2. The van der Waals surface area contributed by atoms with E-state index in [1.54, 1.807) is 0 Å². The molecule has 1 aliphatic heterocycles. The largest absolute Gasteiger partial charge is 0.389 e. The lowest BCUT2D eigenvalue weighted by Crippen LogP contribution is -2.44. The zero-order valence-electron chi connectivity index (χ0n) is 15.2. The van der Waals surface area contributed by atoms with E-state index in [2.05, 4.69) is 17.0 Å². The van der Waals surface area contributed by atoms with E-state index >= 15 is 0 Å². The minimum atomic E-state index is -0.591. The van der Waals surface area contributed by atoms with Crippen LogP contribution in [0.3, 0.4) is 0 Å². The maximum atomic E-state index is 12.5. The van der Waals surface area contributed by atoms with Crippen molar-refractivity contribution in [2.75, 3.05) is 32.7 Å². The normalized spacial score (nSPS) is 16.9.